The van der Waals surface area contributed by atoms with Gasteiger partial charge < -0.3 is 10.4 Å². The van der Waals surface area contributed by atoms with Gasteiger partial charge in [-0.1, -0.05) is 20.8 Å². The topological polar surface area (TPSA) is 32.3 Å². The quantitative estimate of drug-likeness (QED) is 0.723. The third kappa shape index (κ3) is 1.17. The average molecular weight is 197 g/mol. The Hall–Kier alpha value is -0.0800. The zero-order chi connectivity index (χ0) is 10.4. The molecule has 2 nitrogen and oxygen atoms in total. The van der Waals surface area contributed by atoms with E-state index in [1.165, 1.54) is 19.3 Å². The SMILES string of the molecule is CC1(C)C2CCC1(C)C(NCCO)C2. The van der Waals surface area contributed by atoms with Gasteiger partial charge in [0.05, 0.1) is 6.61 Å². The number of aliphatic hydroxyl groups is 1. The Bertz CT molecular complexity index is 226. The molecule has 2 aliphatic rings. The van der Waals surface area contributed by atoms with Gasteiger partial charge in [-0.2, -0.15) is 0 Å². The molecule has 0 aliphatic heterocycles. The van der Waals surface area contributed by atoms with Gasteiger partial charge in [0.25, 0.3) is 0 Å². The predicted molar refractivity (Wildman–Crippen MR) is 58.1 cm³/mol. The Morgan fingerprint density at radius 2 is 2.07 bits per heavy atom. The van der Waals surface area contributed by atoms with Crippen molar-refractivity contribution in [1.82, 2.24) is 5.32 Å². The van der Waals surface area contributed by atoms with Gasteiger partial charge in [-0.25, -0.2) is 0 Å². The number of fused-ring (bicyclic) bond motifs is 2. The van der Waals surface area contributed by atoms with Gasteiger partial charge in [-0.3, -0.25) is 0 Å². The fraction of sp³-hybridized carbons (Fsp3) is 1.00. The molecule has 2 saturated carbocycles. The summed E-state index contributed by atoms with van der Waals surface area (Å²) in [5, 5.41) is 12.4. The monoisotopic (exact) mass is 197 g/mol. The van der Waals surface area contributed by atoms with Gasteiger partial charge in [0.2, 0.25) is 0 Å². The van der Waals surface area contributed by atoms with E-state index in [0.717, 1.165) is 12.5 Å². The highest BCUT2D eigenvalue weighted by Crippen LogP contribution is 2.65. The summed E-state index contributed by atoms with van der Waals surface area (Å²) in [5.74, 6) is 0.892. The maximum Gasteiger partial charge on any atom is 0.0556 e. The molecule has 82 valence electrons. The molecular formula is C12H23NO. The number of aliphatic hydroxyl groups excluding tert-OH is 1. The molecule has 2 aliphatic carbocycles. The molecule has 0 amide bonds. The van der Waals surface area contributed by atoms with Crippen molar-refractivity contribution in [3.63, 3.8) is 0 Å². The highest BCUT2D eigenvalue weighted by molar-refractivity contribution is 5.12. The van der Waals surface area contributed by atoms with E-state index in [1.54, 1.807) is 0 Å². The second kappa shape index (κ2) is 3.21. The van der Waals surface area contributed by atoms with E-state index < -0.39 is 0 Å². The molecule has 0 radical (unpaired) electrons. The van der Waals surface area contributed by atoms with E-state index in [-0.39, 0.29) is 6.61 Å². The lowest BCUT2D eigenvalue weighted by atomic mass is 9.69. The van der Waals surface area contributed by atoms with Crippen molar-refractivity contribution in [1.29, 1.82) is 0 Å². The maximum absolute atomic E-state index is 8.85. The van der Waals surface area contributed by atoms with E-state index in [9.17, 15) is 0 Å². The van der Waals surface area contributed by atoms with Gasteiger partial charge in [0, 0.05) is 12.6 Å². The molecule has 0 heterocycles. The summed E-state index contributed by atoms with van der Waals surface area (Å²) in [7, 11) is 0. The third-order valence-corrected chi connectivity index (χ3v) is 5.30. The van der Waals surface area contributed by atoms with Crippen molar-refractivity contribution >= 4 is 0 Å². The molecule has 3 atom stereocenters. The van der Waals surface area contributed by atoms with Crippen molar-refractivity contribution in [3.05, 3.63) is 0 Å². The molecule has 2 rings (SSSR count). The first kappa shape index (κ1) is 10.4. The third-order valence-electron chi connectivity index (χ3n) is 5.30. The Labute approximate surface area is 87.1 Å². The van der Waals surface area contributed by atoms with Crippen LogP contribution in [0.25, 0.3) is 0 Å². The second-order valence-corrected chi connectivity index (χ2v) is 5.84. The van der Waals surface area contributed by atoms with Crippen LogP contribution in [0.2, 0.25) is 0 Å². The van der Waals surface area contributed by atoms with Crippen LogP contribution in [0, 0.1) is 16.7 Å². The van der Waals surface area contributed by atoms with Gasteiger partial charge >= 0.3 is 0 Å². The average Bonchev–Trinajstić information content (AvgIpc) is 2.46. The molecule has 3 unspecified atom stereocenters. The summed E-state index contributed by atoms with van der Waals surface area (Å²) in [6.07, 6.45) is 4.07. The molecule has 0 spiro atoms. The van der Waals surface area contributed by atoms with Crippen LogP contribution in [-0.4, -0.2) is 24.3 Å². The molecule has 14 heavy (non-hydrogen) atoms. The molecule has 0 aromatic heterocycles. The fourth-order valence-electron chi connectivity index (χ4n) is 3.75. The molecule has 0 aromatic carbocycles. The zero-order valence-electron chi connectivity index (χ0n) is 9.64. The summed E-state index contributed by atoms with van der Waals surface area (Å²) in [6, 6.07) is 0.628. The molecular weight excluding hydrogens is 174 g/mol. The normalized spacial score (nSPS) is 44.6. The molecule has 2 bridgehead atoms. The van der Waals surface area contributed by atoms with Crippen LogP contribution >= 0.6 is 0 Å². The number of hydrogen-bond donors (Lipinski definition) is 2. The van der Waals surface area contributed by atoms with Crippen LogP contribution in [0.5, 0.6) is 0 Å². The number of hydrogen-bond acceptors (Lipinski definition) is 2. The Balaban J connectivity index is 2.11. The van der Waals surface area contributed by atoms with E-state index >= 15 is 0 Å². The number of nitrogens with one attached hydrogen (secondary N) is 1. The minimum atomic E-state index is 0.262. The summed E-state index contributed by atoms with van der Waals surface area (Å²) in [4.78, 5) is 0. The van der Waals surface area contributed by atoms with Crippen LogP contribution in [0.3, 0.4) is 0 Å². The van der Waals surface area contributed by atoms with Crippen molar-refractivity contribution in [3.8, 4) is 0 Å². The summed E-state index contributed by atoms with van der Waals surface area (Å²) < 4.78 is 0. The van der Waals surface area contributed by atoms with Gasteiger partial charge in [-0.15, -0.1) is 0 Å². The van der Waals surface area contributed by atoms with Crippen molar-refractivity contribution in [2.45, 2.75) is 46.1 Å². The molecule has 0 saturated heterocycles. The predicted octanol–water partition coefficient (Wildman–Crippen LogP) is 1.78. The summed E-state index contributed by atoms with van der Waals surface area (Å²) >= 11 is 0. The van der Waals surface area contributed by atoms with Crippen LogP contribution in [0.1, 0.15) is 40.0 Å². The Morgan fingerprint density at radius 3 is 2.50 bits per heavy atom. The lowest BCUT2D eigenvalue weighted by Gasteiger charge is -2.39. The van der Waals surface area contributed by atoms with Gasteiger partial charge in [0.1, 0.15) is 0 Å². The first-order valence-electron chi connectivity index (χ1n) is 5.86. The van der Waals surface area contributed by atoms with E-state index in [2.05, 4.69) is 26.1 Å². The van der Waals surface area contributed by atoms with Crippen molar-refractivity contribution in [2.75, 3.05) is 13.2 Å². The minimum absolute atomic E-state index is 0.262. The van der Waals surface area contributed by atoms with Gasteiger partial charge in [-0.05, 0) is 36.0 Å². The highest BCUT2D eigenvalue weighted by atomic mass is 16.3. The Kier molecular flexibility index (Phi) is 2.39. The van der Waals surface area contributed by atoms with Crippen LogP contribution in [0.4, 0.5) is 0 Å². The molecule has 0 aromatic rings. The first-order valence-corrected chi connectivity index (χ1v) is 5.86. The first-order chi connectivity index (χ1) is 6.52. The standard InChI is InChI=1S/C12H23NO/c1-11(2)9-4-5-12(11,3)10(8-9)13-6-7-14/h9-10,13-14H,4-8H2,1-3H3. The van der Waals surface area contributed by atoms with Crippen LogP contribution in [-0.2, 0) is 0 Å². The second-order valence-electron chi connectivity index (χ2n) is 5.84. The van der Waals surface area contributed by atoms with E-state index in [1.807, 2.05) is 0 Å². The molecule has 2 heteroatoms. The smallest absolute Gasteiger partial charge is 0.0556 e. The highest BCUT2D eigenvalue weighted by Gasteiger charge is 2.60. The lowest BCUT2D eigenvalue weighted by molar-refractivity contribution is 0.118. The maximum atomic E-state index is 8.85. The molecule has 2 fully saturated rings. The summed E-state index contributed by atoms with van der Waals surface area (Å²) in [6.45, 7) is 8.28. The summed E-state index contributed by atoms with van der Waals surface area (Å²) in [5.41, 5.74) is 0.937. The number of rotatable bonds is 3. The Morgan fingerprint density at radius 1 is 1.36 bits per heavy atom. The van der Waals surface area contributed by atoms with E-state index in [4.69, 9.17) is 5.11 Å². The lowest BCUT2D eigenvalue weighted by Crippen LogP contribution is -2.45. The van der Waals surface area contributed by atoms with Crippen molar-refractivity contribution in [2.24, 2.45) is 16.7 Å². The zero-order valence-corrected chi connectivity index (χ0v) is 9.64. The van der Waals surface area contributed by atoms with Crippen molar-refractivity contribution < 1.29 is 5.11 Å². The largest absolute Gasteiger partial charge is 0.395 e. The fourth-order valence-corrected chi connectivity index (χ4v) is 3.75. The van der Waals surface area contributed by atoms with Crippen LogP contribution in [0.15, 0.2) is 0 Å². The van der Waals surface area contributed by atoms with Crippen LogP contribution < -0.4 is 5.32 Å². The molecule has 2 N–H and O–H groups in total. The van der Waals surface area contributed by atoms with E-state index in [0.29, 0.717) is 16.9 Å². The minimum Gasteiger partial charge on any atom is -0.395 e. The van der Waals surface area contributed by atoms with Gasteiger partial charge in [0.15, 0.2) is 0 Å².